The Balaban J connectivity index is 1.64. The van der Waals surface area contributed by atoms with Gasteiger partial charge in [0.2, 0.25) is 0 Å². The highest BCUT2D eigenvalue weighted by Crippen LogP contribution is 2.33. The molecule has 2 heterocycles. The van der Waals surface area contributed by atoms with Gasteiger partial charge in [0, 0.05) is 12.1 Å². The molecular formula is C18H15FN2OS. The van der Waals surface area contributed by atoms with Gasteiger partial charge in [0.25, 0.3) is 5.91 Å². The monoisotopic (exact) mass is 326 g/mol. The summed E-state index contributed by atoms with van der Waals surface area (Å²) in [6, 6.07) is 12.1. The number of hydrogen-bond acceptors (Lipinski definition) is 3. The fraction of sp³-hybridized carbons (Fsp3) is 0.222. The molecular weight excluding hydrogens is 311 g/mol. The molecule has 1 atom stereocenters. The third-order valence-electron chi connectivity index (χ3n) is 4.35. The van der Waals surface area contributed by atoms with Gasteiger partial charge in [-0.2, -0.15) is 0 Å². The van der Waals surface area contributed by atoms with Crippen molar-refractivity contribution >= 4 is 27.5 Å². The van der Waals surface area contributed by atoms with E-state index in [1.54, 1.807) is 17.6 Å². The Bertz CT molecular complexity index is 859. The maximum Gasteiger partial charge on any atom is 0.254 e. The van der Waals surface area contributed by atoms with Crippen molar-refractivity contribution in [1.29, 1.82) is 0 Å². The SMILES string of the molecule is O=C(c1ccc2ncsc2c1)N1CCC[C@@H]1c1ccc(F)cc1. The summed E-state index contributed by atoms with van der Waals surface area (Å²) in [4.78, 5) is 19.0. The quantitative estimate of drug-likeness (QED) is 0.699. The molecule has 0 aliphatic carbocycles. The van der Waals surface area contributed by atoms with E-state index in [9.17, 15) is 9.18 Å². The van der Waals surface area contributed by atoms with Gasteiger partial charge in [-0.1, -0.05) is 12.1 Å². The van der Waals surface area contributed by atoms with Gasteiger partial charge in [-0.05, 0) is 48.7 Å². The van der Waals surface area contributed by atoms with Crippen LogP contribution in [0.25, 0.3) is 10.2 Å². The zero-order valence-electron chi connectivity index (χ0n) is 12.4. The number of rotatable bonds is 2. The number of amides is 1. The predicted octanol–water partition coefficient (Wildman–Crippen LogP) is 4.41. The Morgan fingerprint density at radius 3 is 2.87 bits per heavy atom. The molecule has 1 aromatic heterocycles. The van der Waals surface area contributed by atoms with Gasteiger partial charge in [-0.15, -0.1) is 11.3 Å². The molecule has 1 saturated heterocycles. The molecule has 1 fully saturated rings. The highest BCUT2D eigenvalue weighted by atomic mass is 32.1. The number of hydrogen-bond donors (Lipinski definition) is 0. The molecule has 0 saturated carbocycles. The van der Waals surface area contributed by atoms with Gasteiger partial charge >= 0.3 is 0 Å². The van der Waals surface area contributed by atoms with Crippen LogP contribution in [0, 0.1) is 5.82 Å². The maximum absolute atomic E-state index is 13.1. The van der Waals surface area contributed by atoms with Gasteiger partial charge in [0.15, 0.2) is 0 Å². The standard InChI is InChI=1S/C18H15FN2OS/c19-14-6-3-12(4-7-14)16-2-1-9-21(16)18(22)13-5-8-15-17(10-13)23-11-20-15/h3-8,10-11,16H,1-2,9H2/t16-/m1/s1. The number of carbonyl (C=O) groups is 1. The van der Waals surface area contributed by atoms with Gasteiger partial charge in [0.1, 0.15) is 5.82 Å². The van der Waals surface area contributed by atoms with E-state index < -0.39 is 0 Å². The van der Waals surface area contributed by atoms with Crippen LogP contribution < -0.4 is 0 Å². The van der Waals surface area contributed by atoms with Gasteiger partial charge in [-0.25, -0.2) is 9.37 Å². The molecule has 1 aliphatic rings. The van der Waals surface area contributed by atoms with Crippen molar-refractivity contribution in [3.63, 3.8) is 0 Å². The molecule has 0 unspecified atom stereocenters. The molecule has 0 bridgehead atoms. The highest BCUT2D eigenvalue weighted by molar-refractivity contribution is 7.16. The van der Waals surface area contributed by atoms with Crippen LogP contribution in [0.1, 0.15) is 34.8 Å². The Labute approximate surface area is 137 Å². The second-order valence-corrected chi connectivity index (χ2v) is 6.63. The van der Waals surface area contributed by atoms with Crippen LogP contribution in [0.2, 0.25) is 0 Å². The zero-order valence-corrected chi connectivity index (χ0v) is 13.2. The van der Waals surface area contributed by atoms with Gasteiger partial charge in [0.05, 0.1) is 21.8 Å². The molecule has 1 aliphatic heterocycles. The number of aromatic nitrogens is 1. The van der Waals surface area contributed by atoms with Crippen LogP contribution in [0.5, 0.6) is 0 Å². The van der Waals surface area contributed by atoms with Crippen LogP contribution in [0.4, 0.5) is 4.39 Å². The van der Waals surface area contributed by atoms with Crippen molar-refractivity contribution < 1.29 is 9.18 Å². The first-order valence-electron chi connectivity index (χ1n) is 7.62. The Kier molecular flexibility index (Phi) is 3.58. The number of benzene rings is 2. The first-order chi connectivity index (χ1) is 11.2. The number of halogens is 1. The third-order valence-corrected chi connectivity index (χ3v) is 5.14. The fourth-order valence-electron chi connectivity index (χ4n) is 3.20. The molecule has 2 aromatic carbocycles. The summed E-state index contributed by atoms with van der Waals surface area (Å²) in [5.74, 6) is -0.215. The highest BCUT2D eigenvalue weighted by Gasteiger charge is 2.30. The summed E-state index contributed by atoms with van der Waals surface area (Å²) in [5, 5.41) is 0. The van der Waals surface area contributed by atoms with E-state index >= 15 is 0 Å². The Hall–Kier alpha value is -2.27. The van der Waals surface area contributed by atoms with Crippen molar-refractivity contribution in [3.8, 4) is 0 Å². The normalized spacial score (nSPS) is 17.8. The van der Waals surface area contributed by atoms with E-state index in [0.717, 1.165) is 35.2 Å². The van der Waals surface area contributed by atoms with E-state index in [1.807, 2.05) is 23.1 Å². The molecule has 116 valence electrons. The van der Waals surface area contributed by atoms with E-state index in [4.69, 9.17) is 0 Å². The fourth-order valence-corrected chi connectivity index (χ4v) is 3.91. The van der Waals surface area contributed by atoms with Gasteiger partial charge in [-0.3, -0.25) is 4.79 Å². The van der Waals surface area contributed by atoms with Crippen molar-refractivity contribution in [2.24, 2.45) is 0 Å². The van der Waals surface area contributed by atoms with Crippen molar-refractivity contribution in [2.75, 3.05) is 6.54 Å². The maximum atomic E-state index is 13.1. The zero-order chi connectivity index (χ0) is 15.8. The molecule has 0 spiro atoms. The Morgan fingerprint density at radius 1 is 1.22 bits per heavy atom. The lowest BCUT2D eigenvalue weighted by atomic mass is 10.0. The van der Waals surface area contributed by atoms with E-state index in [0.29, 0.717) is 5.56 Å². The smallest absolute Gasteiger partial charge is 0.254 e. The van der Waals surface area contributed by atoms with Crippen LogP contribution in [-0.2, 0) is 0 Å². The minimum absolute atomic E-state index is 0.0280. The van der Waals surface area contributed by atoms with Gasteiger partial charge < -0.3 is 4.90 Å². The molecule has 3 nitrogen and oxygen atoms in total. The molecule has 0 radical (unpaired) electrons. The summed E-state index contributed by atoms with van der Waals surface area (Å²) in [7, 11) is 0. The third kappa shape index (κ3) is 2.61. The molecule has 5 heteroatoms. The van der Waals surface area contributed by atoms with E-state index in [-0.39, 0.29) is 17.8 Å². The van der Waals surface area contributed by atoms with Crippen molar-refractivity contribution in [1.82, 2.24) is 9.88 Å². The number of nitrogens with zero attached hydrogens (tertiary/aromatic N) is 2. The van der Waals surface area contributed by atoms with Crippen LogP contribution >= 0.6 is 11.3 Å². The molecule has 4 rings (SSSR count). The van der Waals surface area contributed by atoms with Crippen LogP contribution in [0.3, 0.4) is 0 Å². The van der Waals surface area contributed by atoms with E-state index in [2.05, 4.69) is 4.98 Å². The van der Waals surface area contributed by atoms with Crippen molar-refractivity contribution in [3.05, 3.63) is 64.9 Å². The number of carbonyl (C=O) groups excluding carboxylic acids is 1. The average molecular weight is 326 g/mol. The first kappa shape index (κ1) is 14.3. The molecule has 3 aromatic rings. The lowest BCUT2D eigenvalue weighted by molar-refractivity contribution is 0.0736. The summed E-state index contributed by atoms with van der Waals surface area (Å²) in [5.41, 5.74) is 4.39. The number of fused-ring (bicyclic) bond motifs is 1. The summed E-state index contributed by atoms with van der Waals surface area (Å²) in [6.45, 7) is 0.738. The van der Waals surface area contributed by atoms with Crippen LogP contribution in [0.15, 0.2) is 48.0 Å². The second-order valence-electron chi connectivity index (χ2n) is 5.74. The van der Waals surface area contributed by atoms with Crippen LogP contribution in [-0.4, -0.2) is 22.3 Å². The minimum Gasteiger partial charge on any atom is -0.332 e. The molecule has 23 heavy (non-hydrogen) atoms. The largest absolute Gasteiger partial charge is 0.332 e. The molecule has 0 N–H and O–H groups in total. The number of likely N-dealkylation sites (tertiary alicyclic amines) is 1. The summed E-state index contributed by atoms with van der Waals surface area (Å²) >= 11 is 1.54. The summed E-state index contributed by atoms with van der Waals surface area (Å²) < 4.78 is 14.1. The summed E-state index contributed by atoms with van der Waals surface area (Å²) in [6.07, 6.45) is 1.89. The second kappa shape index (κ2) is 5.74. The van der Waals surface area contributed by atoms with Crippen molar-refractivity contribution in [2.45, 2.75) is 18.9 Å². The van der Waals surface area contributed by atoms with E-state index in [1.165, 1.54) is 23.5 Å². The minimum atomic E-state index is -0.250. The topological polar surface area (TPSA) is 33.2 Å². The lowest BCUT2D eigenvalue weighted by Crippen LogP contribution is -2.30. The first-order valence-corrected chi connectivity index (χ1v) is 8.50. The average Bonchev–Trinajstić information content (AvgIpc) is 3.23. The lowest BCUT2D eigenvalue weighted by Gasteiger charge is -2.25. The number of thiazole rings is 1. The predicted molar refractivity (Wildman–Crippen MR) is 89.0 cm³/mol. The molecule has 1 amide bonds. The Morgan fingerprint density at radius 2 is 2.04 bits per heavy atom.